The van der Waals surface area contributed by atoms with Crippen molar-refractivity contribution in [2.45, 2.75) is 0 Å². The maximum atomic E-state index is 12.1. The predicted octanol–water partition coefficient (Wildman–Crippen LogP) is 5.13. The van der Waals surface area contributed by atoms with E-state index in [4.69, 9.17) is 8.83 Å². The molecule has 3 heterocycles. The van der Waals surface area contributed by atoms with E-state index in [1.165, 1.54) is 6.07 Å². The summed E-state index contributed by atoms with van der Waals surface area (Å²) in [4.78, 5) is 30.4. The highest BCUT2D eigenvalue weighted by Crippen LogP contribution is 2.21. The Bertz CT molecular complexity index is 1610. The molecule has 0 bridgehead atoms. The minimum atomic E-state index is -0.386. The molecule has 0 unspecified atom stereocenters. The molecule has 0 atom stereocenters. The molecule has 0 spiro atoms. The molecule has 6 nitrogen and oxygen atoms in total. The Hall–Kier alpha value is -4.45. The second kappa shape index (κ2) is 7.76. The molecule has 0 fully saturated rings. The van der Waals surface area contributed by atoms with Crippen molar-refractivity contribution in [1.29, 1.82) is 0 Å². The molecule has 6 aromatic rings. The Morgan fingerprint density at radius 1 is 0.677 bits per heavy atom. The summed E-state index contributed by atoms with van der Waals surface area (Å²) in [6, 6.07) is 27.5. The van der Waals surface area contributed by atoms with Crippen LogP contribution in [-0.2, 0) is 0 Å². The van der Waals surface area contributed by atoms with E-state index in [0.717, 1.165) is 21.8 Å². The van der Waals surface area contributed by atoms with Crippen LogP contribution >= 0.6 is 0 Å². The highest BCUT2D eigenvalue weighted by atomic mass is 16.4. The number of benzene rings is 3. The van der Waals surface area contributed by atoms with Gasteiger partial charge in [-0.3, -0.25) is 0 Å². The zero-order chi connectivity index (χ0) is 21.2. The number of aromatic nitrogens is 2. The highest BCUT2D eigenvalue weighted by Gasteiger charge is 2.11. The van der Waals surface area contributed by atoms with Gasteiger partial charge < -0.3 is 13.8 Å². The SMILES string of the molecule is O=c1ccc2ccccc2o1.O=c1oc2ccccc2cc1-c1nc2ccccc2[nH]1. The smallest absolute Gasteiger partial charge is 0.347 e. The Kier molecular flexibility index (Phi) is 4.65. The standard InChI is InChI=1S/C16H10N2O2.C9H6O2/c19-16-11(9-10-5-1-4-8-14(10)20-16)15-17-12-6-2-3-7-13(12)18-15;10-9-6-5-7-3-1-2-4-8(7)11-9/h1-9H,(H,17,18);1-6H. The number of fused-ring (bicyclic) bond motifs is 3. The fourth-order valence-electron chi connectivity index (χ4n) is 3.32. The van der Waals surface area contributed by atoms with Gasteiger partial charge in [0.05, 0.1) is 11.0 Å². The molecule has 3 aromatic heterocycles. The molecular formula is C25H16N2O4. The third-order valence-corrected chi connectivity index (χ3v) is 4.81. The molecule has 0 aliphatic carbocycles. The van der Waals surface area contributed by atoms with Gasteiger partial charge in [0.25, 0.3) is 0 Å². The monoisotopic (exact) mass is 408 g/mol. The van der Waals surface area contributed by atoms with E-state index in [1.54, 1.807) is 24.3 Å². The Labute approximate surface area is 175 Å². The Morgan fingerprint density at radius 2 is 1.35 bits per heavy atom. The lowest BCUT2D eigenvalue weighted by molar-refractivity contribution is 0.561. The van der Waals surface area contributed by atoms with Gasteiger partial charge in [-0.15, -0.1) is 0 Å². The van der Waals surface area contributed by atoms with Crippen molar-refractivity contribution in [2.24, 2.45) is 0 Å². The van der Waals surface area contributed by atoms with Gasteiger partial charge in [0.2, 0.25) is 0 Å². The lowest BCUT2D eigenvalue weighted by Crippen LogP contribution is -2.03. The largest absolute Gasteiger partial charge is 0.423 e. The molecule has 0 aliphatic heterocycles. The number of aromatic amines is 1. The first-order valence-corrected chi connectivity index (χ1v) is 9.64. The normalized spacial score (nSPS) is 10.8. The van der Waals surface area contributed by atoms with Crippen molar-refractivity contribution in [3.63, 3.8) is 0 Å². The van der Waals surface area contributed by atoms with Gasteiger partial charge in [0.15, 0.2) is 0 Å². The van der Waals surface area contributed by atoms with E-state index in [-0.39, 0.29) is 11.3 Å². The summed E-state index contributed by atoms with van der Waals surface area (Å²) in [5, 5.41) is 1.83. The van der Waals surface area contributed by atoms with Crippen molar-refractivity contribution >= 4 is 33.0 Å². The number of nitrogens with zero attached hydrogens (tertiary/aromatic N) is 1. The summed E-state index contributed by atoms with van der Waals surface area (Å²) in [6.07, 6.45) is 0. The molecule has 1 N–H and O–H groups in total. The third-order valence-electron chi connectivity index (χ3n) is 4.81. The summed E-state index contributed by atoms with van der Waals surface area (Å²) in [7, 11) is 0. The van der Waals surface area contributed by atoms with Crippen LogP contribution in [0.5, 0.6) is 0 Å². The summed E-state index contributed by atoms with van der Waals surface area (Å²) >= 11 is 0. The number of nitrogens with one attached hydrogen (secondary N) is 1. The second-order valence-corrected chi connectivity index (χ2v) is 6.88. The van der Waals surface area contributed by atoms with E-state index < -0.39 is 0 Å². The van der Waals surface area contributed by atoms with E-state index in [0.29, 0.717) is 22.6 Å². The van der Waals surface area contributed by atoms with Crippen LogP contribution in [0.2, 0.25) is 0 Å². The van der Waals surface area contributed by atoms with Gasteiger partial charge in [0.1, 0.15) is 22.6 Å². The molecule has 0 radical (unpaired) electrons. The maximum Gasteiger partial charge on any atom is 0.347 e. The third kappa shape index (κ3) is 3.74. The lowest BCUT2D eigenvalue weighted by atomic mass is 10.2. The van der Waals surface area contributed by atoms with Crippen LogP contribution in [0.25, 0.3) is 44.4 Å². The van der Waals surface area contributed by atoms with E-state index in [1.807, 2.05) is 60.7 Å². The van der Waals surface area contributed by atoms with Gasteiger partial charge in [-0.2, -0.15) is 0 Å². The lowest BCUT2D eigenvalue weighted by Gasteiger charge is -1.98. The molecule has 6 rings (SSSR count). The van der Waals surface area contributed by atoms with Crippen molar-refractivity contribution in [3.8, 4) is 11.4 Å². The van der Waals surface area contributed by atoms with E-state index in [2.05, 4.69) is 9.97 Å². The summed E-state index contributed by atoms with van der Waals surface area (Å²) in [5.74, 6) is 0.533. The average molecular weight is 408 g/mol. The molecule has 150 valence electrons. The van der Waals surface area contributed by atoms with Crippen LogP contribution in [0.1, 0.15) is 0 Å². The van der Waals surface area contributed by atoms with Gasteiger partial charge in [-0.05, 0) is 36.4 Å². The number of H-pyrrole nitrogens is 1. The van der Waals surface area contributed by atoms with Gasteiger partial charge >= 0.3 is 11.3 Å². The predicted molar refractivity (Wildman–Crippen MR) is 120 cm³/mol. The summed E-state index contributed by atoms with van der Waals surface area (Å²) in [5.41, 5.74) is 2.70. The number of imidazole rings is 1. The number of para-hydroxylation sites is 4. The van der Waals surface area contributed by atoms with Crippen molar-refractivity contribution < 1.29 is 8.83 Å². The number of hydrogen-bond donors (Lipinski definition) is 1. The maximum absolute atomic E-state index is 12.1. The Balaban J connectivity index is 0.000000157. The van der Waals surface area contributed by atoms with Gasteiger partial charge in [0, 0.05) is 16.8 Å². The first kappa shape index (κ1) is 18.6. The average Bonchev–Trinajstić information content (AvgIpc) is 3.23. The molecule has 0 saturated heterocycles. The van der Waals surface area contributed by atoms with E-state index in [9.17, 15) is 9.59 Å². The molecule has 0 aliphatic rings. The topological polar surface area (TPSA) is 89.1 Å². The minimum Gasteiger partial charge on any atom is -0.423 e. The van der Waals surface area contributed by atoms with Crippen LogP contribution in [0.15, 0.2) is 109 Å². The molecular weight excluding hydrogens is 392 g/mol. The minimum absolute atomic E-state index is 0.302. The first-order valence-electron chi connectivity index (χ1n) is 9.64. The molecule has 6 heteroatoms. The second-order valence-electron chi connectivity index (χ2n) is 6.88. The van der Waals surface area contributed by atoms with E-state index >= 15 is 0 Å². The molecule has 31 heavy (non-hydrogen) atoms. The van der Waals surface area contributed by atoms with Crippen molar-refractivity contribution in [3.05, 3.63) is 112 Å². The van der Waals surface area contributed by atoms with Gasteiger partial charge in [-0.25, -0.2) is 14.6 Å². The zero-order valence-corrected chi connectivity index (χ0v) is 16.2. The van der Waals surface area contributed by atoms with Crippen LogP contribution in [-0.4, -0.2) is 9.97 Å². The summed E-state index contributed by atoms with van der Waals surface area (Å²) < 4.78 is 10.2. The fraction of sp³-hybridized carbons (Fsp3) is 0. The summed E-state index contributed by atoms with van der Waals surface area (Å²) in [6.45, 7) is 0. The molecule has 3 aromatic carbocycles. The van der Waals surface area contributed by atoms with Crippen molar-refractivity contribution in [2.75, 3.05) is 0 Å². The molecule has 0 saturated carbocycles. The highest BCUT2D eigenvalue weighted by molar-refractivity contribution is 5.83. The van der Waals surface area contributed by atoms with Crippen LogP contribution < -0.4 is 11.3 Å². The first-order chi connectivity index (χ1) is 15.2. The van der Waals surface area contributed by atoms with Crippen LogP contribution in [0, 0.1) is 0 Å². The van der Waals surface area contributed by atoms with Crippen LogP contribution in [0.4, 0.5) is 0 Å². The van der Waals surface area contributed by atoms with Gasteiger partial charge in [-0.1, -0.05) is 48.5 Å². The Morgan fingerprint density at radius 3 is 2.16 bits per heavy atom. The fourth-order valence-corrected chi connectivity index (χ4v) is 3.32. The van der Waals surface area contributed by atoms with Crippen LogP contribution in [0.3, 0.4) is 0 Å². The quantitative estimate of drug-likeness (QED) is 0.381. The zero-order valence-electron chi connectivity index (χ0n) is 16.2. The molecule has 0 amide bonds. The number of hydrogen-bond acceptors (Lipinski definition) is 5. The van der Waals surface area contributed by atoms with Crippen molar-refractivity contribution in [1.82, 2.24) is 9.97 Å². The number of rotatable bonds is 1.